The van der Waals surface area contributed by atoms with Crippen molar-refractivity contribution in [2.24, 2.45) is 5.14 Å². The van der Waals surface area contributed by atoms with Crippen molar-refractivity contribution in [1.82, 2.24) is 0 Å². The van der Waals surface area contributed by atoms with E-state index >= 15 is 0 Å². The van der Waals surface area contributed by atoms with Gasteiger partial charge in [0.2, 0.25) is 10.0 Å². The number of hydrogen-bond acceptors (Lipinski definition) is 5. The Morgan fingerprint density at radius 1 is 1.67 bits per heavy atom. The first kappa shape index (κ1) is 12.6. The summed E-state index contributed by atoms with van der Waals surface area (Å²) in [6.45, 7) is 1.81. The maximum atomic E-state index is 11.4. The lowest BCUT2D eigenvalue weighted by atomic mass is 10.3. The van der Waals surface area contributed by atoms with Crippen LogP contribution < -0.4 is 5.14 Å². The second-order valence-electron chi connectivity index (χ2n) is 2.52. The topological polar surface area (TPSA) is 86.5 Å². The van der Waals surface area contributed by atoms with Crippen molar-refractivity contribution >= 4 is 43.3 Å². The lowest BCUT2D eigenvalue weighted by Crippen LogP contribution is -2.16. The Balaban J connectivity index is 3.27. The Hall–Kier alpha value is -0.440. The summed E-state index contributed by atoms with van der Waals surface area (Å²) in [5.41, 5.74) is -0.0313. The fourth-order valence-corrected chi connectivity index (χ4v) is 4.00. The smallest absolute Gasteiger partial charge is 0.340 e. The number of sulfonamides is 1. The third-order valence-corrected chi connectivity index (χ3v) is 4.59. The average molecular weight is 314 g/mol. The number of nitrogens with two attached hydrogens (primary N) is 1. The number of hydrogen-bond donors (Lipinski definition) is 1. The predicted molar refractivity (Wildman–Crippen MR) is 59.3 cm³/mol. The molecule has 0 amide bonds. The van der Waals surface area contributed by atoms with Crippen LogP contribution >= 0.6 is 27.3 Å². The van der Waals surface area contributed by atoms with Gasteiger partial charge < -0.3 is 4.74 Å². The van der Waals surface area contributed by atoms with Crippen LogP contribution in [0.25, 0.3) is 0 Å². The van der Waals surface area contributed by atoms with Crippen LogP contribution in [0.1, 0.15) is 17.3 Å². The standard InChI is InChI=1S/C7H8BrNO4S2/c1-2-13-7(10)4-3-14-6(8)5(4)15(9,11)12/h3H,2H2,1H3,(H2,9,11,12). The van der Waals surface area contributed by atoms with Crippen molar-refractivity contribution in [3.63, 3.8) is 0 Å². The molecule has 1 heterocycles. The second-order valence-corrected chi connectivity index (χ2v) is 6.21. The highest BCUT2D eigenvalue weighted by Crippen LogP contribution is 2.31. The van der Waals surface area contributed by atoms with Crippen molar-refractivity contribution in [2.75, 3.05) is 6.61 Å². The summed E-state index contributed by atoms with van der Waals surface area (Å²) in [6, 6.07) is 0. The summed E-state index contributed by atoms with van der Waals surface area (Å²) < 4.78 is 27.4. The zero-order valence-electron chi connectivity index (χ0n) is 7.69. The highest BCUT2D eigenvalue weighted by atomic mass is 79.9. The fraction of sp³-hybridized carbons (Fsp3) is 0.286. The van der Waals surface area contributed by atoms with Crippen LogP contribution in [0, 0.1) is 0 Å². The van der Waals surface area contributed by atoms with Crippen molar-refractivity contribution < 1.29 is 17.9 Å². The third-order valence-electron chi connectivity index (χ3n) is 1.48. The second kappa shape index (κ2) is 4.60. The Bertz CT molecular complexity index is 479. The van der Waals surface area contributed by atoms with Gasteiger partial charge in [-0.05, 0) is 22.9 Å². The summed E-state index contributed by atoms with van der Waals surface area (Å²) >= 11 is 4.09. The molecule has 0 aliphatic carbocycles. The first-order valence-electron chi connectivity index (χ1n) is 3.84. The van der Waals surface area contributed by atoms with E-state index in [1.54, 1.807) is 6.92 Å². The van der Waals surface area contributed by atoms with Gasteiger partial charge in [-0.1, -0.05) is 0 Å². The molecule has 1 rings (SSSR count). The number of carbonyl (C=O) groups excluding carboxylic acids is 1. The van der Waals surface area contributed by atoms with Crippen LogP contribution in [0.3, 0.4) is 0 Å². The minimum Gasteiger partial charge on any atom is -0.462 e. The Morgan fingerprint density at radius 3 is 2.73 bits per heavy atom. The van der Waals surface area contributed by atoms with Crippen LogP contribution in [0.15, 0.2) is 14.1 Å². The number of rotatable bonds is 3. The van der Waals surface area contributed by atoms with Gasteiger partial charge in [-0.2, -0.15) is 0 Å². The van der Waals surface area contributed by atoms with Gasteiger partial charge >= 0.3 is 5.97 Å². The molecule has 0 unspecified atom stereocenters. The molecule has 0 atom stereocenters. The first-order chi connectivity index (χ1) is 6.88. The van der Waals surface area contributed by atoms with Gasteiger partial charge in [0.05, 0.1) is 16.0 Å². The summed E-state index contributed by atoms with van der Waals surface area (Å²) in [7, 11) is -3.92. The van der Waals surface area contributed by atoms with Crippen LogP contribution in [-0.4, -0.2) is 21.0 Å². The Kier molecular flexibility index (Phi) is 3.87. The molecule has 5 nitrogen and oxygen atoms in total. The van der Waals surface area contributed by atoms with Gasteiger partial charge in [0.1, 0.15) is 4.90 Å². The lowest BCUT2D eigenvalue weighted by molar-refractivity contribution is 0.0522. The van der Waals surface area contributed by atoms with Crippen LogP contribution in [0.4, 0.5) is 0 Å². The number of ether oxygens (including phenoxy) is 1. The largest absolute Gasteiger partial charge is 0.462 e. The van der Waals surface area contributed by atoms with E-state index in [1.165, 1.54) is 5.38 Å². The molecular formula is C7H8BrNO4S2. The predicted octanol–water partition coefficient (Wildman–Crippen LogP) is 1.33. The number of halogens is 1. The zero-order chi connectivity index (χ0) is 11.6. The molecule has 0 bridgehead atoms. The Morgan fingerprint density at radius 2 is 2.27 bits per heavy atom. The van der Waals surface area contributed by atoms with E-state index in [-0.39, 0.29) is 17.1 Å². The highest BCUT2D eigenvalue weighted by Gasteiger charge is 2.25. The summed E-state index contributed by atoms with van der Waals surface area (Å²) in [4.78, 5) is 11.2. The van der Waals surface area contributed by atoms with Crippen LogP contribution in [-0.2, 0) is 14.8 Å². The zero-order valence-corrected chi connectivity index (χ0v) is 10.9. The minimum absolute atomic E-state index is 0.0313. The molecule has 0 fully saturated rings. The van der Waals surface area contributed by atoms with Crippen LogP contribution in [0.2, 0.25) is 0 Å². The van der Waals surface area contributed by atoms with E-state index in [4.69, 9.17) is 9.88 Å². The molecule has 0 aromatic carbocycles. The Labute approximate surface area is 99.4 Å². The van der Waals surface area contributed by atoms with Crippen molar-refractivity contribution in [3.8, 4) is 0 Å². The summed E-state index contributed by atoms with van der Waals surface area (Å²) in [5, 5.41) is 6.37. The molecule has 0 radical (unpaired) electrons. The maximum Gasteiger partial charge on any atom is 0.340 e. The fourth-order valence-electron chi connectivity index (χ4n) is 0.938. The molecule has 0 aliphatic rings. The average Bonchev–Trinajstić information content (AvgIpc) is 2.46. The van der Waals surface area contributed by atoms with Crippen LogP contribution in [0.5, 0.6) is 0 Å². The molecule has 0 saturated carbocycles. The van der Waals surface area contributed by atoms with Gasteiger partial charge in [-0.3, -0.25) is 0 Å². The van der Waals surface area contributed by atoms with E-state index in [9.17, 15) is 13.2 Å². The molecule has 1 aromatic heterocycles. The quantitative estimate of drug-likeness (QED) is 0.853. The number of thiophene rings is 1. The van der Waals surface area contributed by atoms with Crippen molar-refractivity contribution in [1.29, 1.82) is 0 Å². The molecule has 0 saturated heterocycles. The first-order valence-corrected chi connectivity index (χ1v) is 7.06. The van der Waals surface area contributed by atoms with Gasteiger partial charge in [0.15, 0.2) is 0 Å². The molecular weight excluding hydrogens is 306 g/mol. The summed E-state index contributed by atoms with van der Waals surface area (Å²) in [6.07, 6.45) is 0. The molecule has 1 aromatic rings. The third kappa shape index (κ3) is 2.77. The van der Waals surface area contributed by atoms with Gasteiger partial charge in [0, 0.05) is 5.38 Å². The molecule has 8 heteroatoms. The van der Waals surface area contributed by atoms with E-state index in [1.807, 2.05) is 0 Å². The van der Waals surface area contributed by atoms with Gasteiger partial charge in [0.25, 0.3) is 0 Å². The number of esters is 1. The number of carbonyl (C=O) groups is 1. The van der Waals surface area contributed by atoms with Crippen molar-refractivity contribution in [3.05, 3.63) is 14.7 Å². The monoisotopic (exact) mass is 313 g/mol. The minimum atomic E-state index is -3.92. The van der Waals surface area contributed by atoms with Gasteiger partial charge in [-0.25, -0.2) is 18.4 Å². The van der Waals surface area contributed by atoms with E-state index in [0.717, 1.165) is 11.3 Å². The van der Waals surface area contributed by atoms with Crippen molar-refractivity contribution in [2.45, 2.75) is 11.8 Å². The SMILES string of the molecule is CCOC(=O)c1csc(Br)c1S(N)(=O)=O. The summed E-state index contributed by atoms with van der Waals surface area (Å²) in [5.74, 6) is -0.691. The normalized spacial score (nSPS) is 11.4. The van der Waals surface area contributed by atoms with Gasteiger partial charge in [-0.15, -0.1) is 11.3 Å². The van der Waals surface area contributed by atoms with E-state index in [2.05, 4.69) is 15.9 Å². The molecule has 0 aliphatic heterocycles. The van der Waals surface area contributed by atoms with E-state index < -0.39 is 16.0 Å². The number of primary sulfonamides is 1. The molecule has 84 valence electrons. The maximum absolute atomic E-state index is 11.4. The van der Waals surface area contributed by atoms with E-state index in [0.29, 0.717) is 3.79 Å². The highest BCUT2D eigenvalue weighted by molar-refractivity contribution is 9.11. The molecule has 0 spiro atoms. The lowest BCUT2D eigenvalue weighted by Gasteiger charge is -2.02. The molecule has 2 N–H and O–H groups in total. The molecule has 15 heavy (non-hydrogen) atoms.